The first-order valence-electron chi connectivity index (χ1n) is 5.19. The molecule has 0 saturated heterocycles. The number of esters is 1. The van der Waals surface area contributed by atoms with Crippen LogP contribution in [0.1, 0.15) is 17.3 Å². The minimum atomic E-state index is -0.350. The molecule has 17 heavy (non-hydrogen) atoms. The minimum absolute atomic E-state index is 0. The molecule has 5 heteroatoms. The Morgan fingerprint density at radius 2 is 2.06 bits per heavy atom. The van der Waals surface area contributed by atoms with Crippen LogP contribution in [-0.2, 0) is 37.4 Å². The Morgan fingerprint density at radius 1 is 1.41 bits per heavy atom. The van der Waals surface area contributed by atoms with Crippen molar-refractivity contribution in [2.45, 2.75) is 6.92 Å². The second kappa shape index (κ2) is 8.59. The molecular weight excluding hydrogens is 293 g/mol. The number of hydrogen-bond acceptors (Lipinski definition) is 4. The molecule has 1 rings (SSSR count). The van der Waals surface area contributed by atoms with E-state index in [0.29, 0.717) is 25.3 Å². The SMILES string of the molecule is [CH2-]CN(C[CH2-])c1ccc(C(=O)OCC)cn1.[Y]. The fraction of sp³-hybridized carbons (Fsp3) is 0.333. The summed E-state index contributed by atoms with van der Waals surface area (Å²) in [5, 5.41) is 0. The fourth-order valence-electron chi connectivity index (χ4n) is 1.25. The van der Waals surface area contributed by atoms with E-state index in [4.69, 9.17) is 4.74 Å². The van der Waals surface area contributed by atoms with Crippen molar-refractivity contribution in [3.05, 3.63) is 37.7 Å². The van der Waals surface area contributed by atoms with Crippen LogP contribution < -0.4 is 4.90 Å². The van der Waals surface area contributed by atoms with Gasteiger partial charge in [-0.15, -0.1) is 13.1 Å². The summed E-state index contributed by atoms with van der Waals surface area (Å²) in [6.07, 6.45) is 1.51. The Morgan fingerprint density at radius 3 is 2.47 bits per heavy atom. The van der Waals surface area contributed by atoms with E-state index < -0.39 is 0 Å². The van der Waals surface area contributed by atoms with Gasteiger partial charge in [-0.3, -0.25) is 0 Å². The van der Waals surface area contributed by atoms with Crippen molar-refractivity contribution >= 4 is 11.8 Å². The van der Waals surface area contributed by atoms with E-state index in [1.54, 1.807) is 19.1 Å². The van der Waals surface area contributed by atoms with Gasteiger partial charge in [0.05, 0.1) is 12.2 Å². The van der Waals surface area contributed by atoms with Crippen molar-refractivity contribution in [2.24, 2.45) is 0 Å². The second-order valence-corrected chi connectivity index (χ2v) is 3.11. The molecule has 0 atom stereocenters. The number of anilines is 1. The zero-order valence-corrected chi connectivity index (χ0v) is 12.9. The Bertz CT molecular complexity index is 337. The molecule has 0 spiro atoms. The van der Waals surface area contributed by atoms with Crippen molar-refractivity contribution in [3.63, 3.8) is 0 Å². The quantitative estimate of drug-likeness (QED) is 0.614. The van der Waals surface area contributed by atoms with Gasteiger partial charge in [-0.05, 0) is 19.1 Å². The summed E-state index contributed by atoms with van der Waals surface area (Å²) in [6, 6.07) is 3.46. The van der Waals surface area contributed by atoms with Crippen molar-refractivity contribution in [1.29, 1.82) is 0 Å². The Labute approximate surface area is 128 Å². The van der Waals surface area contributed by atoms with E-state index in [1.165, 1.54) is 6.20 Å². The van der Waals surface area contributed by atoms with Crippen molar-refractivity contribution < 1.29 is 42.2 Å². The third-order valence-electron chi connectivity index (χ3n) is 2.12. The summed E-state index contributed by atoms with van der Waals surface area (Å²) in [5.41, 5.74) is 0.457. The monoisotopic (exact) mass is 309 g/mol. The maximum Gasteiger partial charge on any atom is 0.339 e. The fourth-order valence-corrected chi connectivity index (χ4v) is 1.25. The molecule has 0 saturated carbocycles. The van der Waals surface area contributed by atoms with E-state index in [-0.39, 0.29) is 38.7 Å². The second-order valence-electron chi connectivity index (χ2n) is 3.11. The van der Waals surface area contributed by atoms with Crippen LogP contribution in [0.4, 0.5) is 5.82 Å². The van der Waals surface area contributed by atoms with E-state index in [2.05, 4.69) is 18.8 Å². The van der Waals surface area contributed by atoms with Gasteiger partial charge >= 0.3 is 5.97 Å². The summed E-state index contributed by atoms with van der Waals surface area (Å²) >= 11 is 0. The van der Waals surface area contributed by atoms with E-state index in [1.807, 2.05) is 4.90 Å². The first-order chi connectivity index (χ1) is 7.72. The predicted molar refractivity (Wildman–Crippen MR) is 63.1 cm³/mol. The maximum atomic E-state index is 11.4. The molecule has 1 radical (unpaired) electrons. The molecule has 1 aromatic rings. The molecule has 91 valence electrons. The van der Waals surface area contributed by atoms with Crippen molar-refractivity contribution in [3.8, 4) is 0 Å². The van der Waals surface area contributed by atoms with Gasteiger partial charge in [0.25, 0.3) is 0 Å². The van der Waals surface area contributed by atoms with Crippen LogP contribution in [0.3, 0.4) is 0 Å². The van der Waals surface area contributed by atoms with Crippen molar-refractivity contribution in [1.82, 2.24) is 4.98 Å². The summed E-state index contributed by atoms with van der Waals surface area (Å²) in [7, 11) is 0. The van der Waals surface area contributed by atoms with Gasteiger partial charge in [-0.25, -0.2) is 9.78 Å². The molecule has 0 aromatic carbocycles. The molecule has 1 heterocycles. The zero-order valence-electron chi connectivity index (χ0n) is 10.1. The molecule has 0 fully saturated rings. The van der Waals surface area contributed by atoms with E-state index >= 15 is 0 Å². The average molecular weight is 309 g/mol. The predicted octanol–water partition coefficient (Wildman–Crippen LogP) is 1.73. The van der Waals surface area contributed by atoms with E-state index in [0.717, 1.165) is 5.82 Å². The van der Waals surface area contributed by atoms with E-state index in [9.17, 15) is 4.79 Å². The number of nitrogens with zero attached hydrogens (tertiary/aromatic N) is 2. The smallest absolute Gasteiger partial charge is 0.339 e. The van der Waals surface area contributed by atoms with Crippen LogP contribution >= 0.6 is 0 Å². The maximum absolute atomic E-state index is 11.4. The summed E-state index contributed by atoms with van der Waals surface area (Å²) < 4.78 is 4.86. The zero-order chi connectivity index (χ0) is 12.0. The van der Waals surface area contributed by atoms with Gasteiger partial charge in [-0.2, -0.15) is 0 Å². The summed E-state index contributed by atoms with van der Waals surface area (Å²) in [4.78, 5) is 17.4. The number of rotatable bonds is 5. The number of pyridine rings is 1. The Balaban J connectivity index is 0.00000256. The third kappa shape index (κ3) is 4.72. The van der Waals surface area contributed by atoms with Crippen LogP contribution in [0.25, 0.3) is 0 Å². The molecule has 0 aliphatic carbocycles. The topological polar surface area (TPSA) is 42.4 Å². The largest absolute Gasteiger partial charge is 0.462 e. The molecular formula is C12H16N2O2Y-2. The number of aromatic nitrogens is 1. The van der Waals surface area contributed by atoms with Gasteiger partial charge in [0.2, 0.25) is 0 Å². The first-order valence-corrected chi connectivity index (χ1v) is 5.19. The molecule has 0 amide bonds. The van der Waals surface area contributed by atoms with Crippen LogP contribution in [-0.4, -0.2) is 30.6 Å². The summed E-state index contributed by atoms with van der Waals surface area (Å²) in [6.45, 7) is 10.9. The molecule has 0 unspecified atom stereocenters. The molecule has 0 N–H and O–H groups in total. The van der Waals surface area contributed by atoms with Gasteiger partial charge in [0.1, 0.15) is 5.82 Å². The number of hydrogen-bond donors (Lipinski definition) is 0. The van der Waals surface area contributed by atoms with Gasteiger partial charge in [-0.1, -0.05) is 0 Å². The first kappa shape index (κ1) is 16.5. The van der Waals surface area contributed by atoms with Crippen LogP contribution in [0.2, 0.25) is 0 Å². The average Bonchev–Trinajstić information content (AvgIpc) is 2.32. The van der Waals surface area contributed by atoms with Crippen LogP contribution in [0.5, 0.6) is 0 Å². The third-order valence-corrected chi connectivity index (χ3v) is 2.12. The van der Waals surface area contributed by atoms with Gasteiger partial charge in [0, 0.05) is 38.9 Å². The standard InChI is InChI=1S/C12H16N2O2.Y/c1-4-14(5-2)11-8-7-10(9-13-11)12(15)16-6-3;/h7-9H,1-2,4-6H2,3H3;/q-2;. The number of carbonyl (C=O) groups is 1. The van der Waals surface area contributed by atoms with Gasteiger partial charge < -0.3 is 23.5 Å². The van der Waals surface area contributed by atoms with Crippen LogP contribution in [0, 0.1) is 13.8 Å². The Kier molecular flexibility index (Phi) is 8.35. The number of carbonyl (C=O) groups excluding carboxylic acids is 1. The molecule has 0 bridgehead atoms. The molecule has 4 nitrogen and oxygen atoms in total. The summed E-state index contributed by atoms with van der Waals surface area (Å²) in [5.74, 6) is 0.412. The molecule has 0 aliphatic rings. The molecule has 0 aliphatic heterocycles. The van der Waals surface area contributed by atoms with Gasteiger partial charge in [0.15, 0.2) is 0 Å². The minimum Gasteiger partial charge on any atom is -0.462 e. The van der Waals surface area contributed by atoms with Crippen LogP contribution in [0.15, 0.2) is 18.3 Å². The number of ether oxygens (including phenoxy) is 1. The Hall–Kier alpha value is -0.476. The van der Waals surface area contributed by atoms with Crippen molar-refractivity contribution in [2.75, 3.05) is 24.6 Å². The molecule has 1 aromatic heterocycles. The normalized spacial score (nSPS) is 9.35.